The van der Waals surface area contributed by atoms with Gasteiger partial charge in [-0.15, -0.1) is 0 Å². The van der Waals surface area contributed by atoms with Gasteiger partial charge in [0, 0.05) is 25.0 Å². The van der Waals surface area contributed by atoms with Gasteiger partial charge in [0.15, 0.2) is 0 Å². The summed E-state index contributed by atoms with van der Waals surface area (Å²) in [5, 5.41) is 6.89. The Kier molecular flexibility index (Phi) is 3.07. The van der Waals surface area contributed by atoms with Crippen molar-refractivity contribution in [2.75, 3.05) is 6.54 Å². The second kappa shape index (κ2) is 4.72. The Hall–Kier alpha value is -1.36. The fourth-order valence-corrected chi connectivity index (χ4v) is 3.61. The van der Waals surface area contributed by atoms with Gasteiger partial charge in [-0.2, -0.15) is 11.3 Å². The smallest absolute Gasteiger partial charge is 0.227 e. The Bertz CT molecular complexity index is 458. The van der Waals surface area contributed by atoms with E-state index in [2.05, 4.69) is 5.32 Å². The molecule has 0 unspecified atom stereocenters. The molecule has 0 radical (unpaired) electrons. The lowest BCUT2D eigenvalue weighted by Crippen LogP contribution is -2.43. The number of hydrogen-bond donors (Lipinski definition) is 1. The predicted molar refractivity (Wildman–Crippen MR) is 69.3 cm³/mol. The fourth-order valence-electron chi connectivity index (χ4n) is 2.95. The molecule has 2 atom stereocenters. The van der Waals surface area contributed by atoms with Crippen LogP contribution in [0.1, 0.15) is 24.8 Å². The average Bonchev–Trinajstić information content (AvgIpc) is 2.91. The highest BCUT2D eigenvalue weighted by Crippen LogP contribution is 2.29. The van der Waals surface area contributed by atoms with E-state index in [-0.39, 0.29) is 23.9 Å². The standard InChI is InChI=1S/C13H16N2O2S/c16-12-6-10-1-2-11(7-14-12)15(10)13(17)5-9-3-4-18-8-9/h3-4,8,10-11H,1-2,5-7H2,(H,14,16)/t10-,11+/m0/s1. The Morgan fingerprint density at radius 2 is 2.28 bits per heavy atom. The fraction of sp³-hybridized carbons (Fsp3) is 0.538. The van der Waals surface area contributed by atoms with Crippen molar-refractivity contribution in [2.24, 2.45) is 0 Å². The molecule has 0 spiro atoms. The quantitative estimate of drug-likeness (QED) is 0.871. The summed E-state index contributed by atoms with van der Waals surface area (Å²) in [5.74, 6) is 0.243. The van der Waals surface area contributed by atoms with Crippen molar-refractivity contribution in [3.8, 4) is 0 Å². The molecule has 2 aliphatic rings. The largest absolute Gasteiger partial charge is 0.354 e. The van der Waals surface area contributed by atoms with Crippen LogP contribution in [-0.2, 0) is 16.0 Å². The van der Waals surface area contributed by atoms with E-state index in [0.717, 1.165) is 18.4 Å². The van der Waals surface area contributed by atoms with Gasteiger partial charge in [0.25, 0.3) is 0 Å². The maximum absolute atomic E-state index is 12.4. The van der Waals surface area contributed by atoms with E-state index in [1.807, 2.05) is 21.7 Å². The van der Waals surface area contributed by atoms with Gasteiger partial charge in [0.05, 0.1) is 6.42 Å². The van der Waals surface area contributed by atoms with Crippen molar-refractivity contribution >= 4 is 23.2 Å². The van der Waals surface area contributed by atoms with Gasteiger partial charge in [-0.05, 0) is 35.2 Å². The van der Waals surface area contributed by atoms with Gasteiger partial charge in [0.1, 0.15) is 0 Å². The Balaban J connectivity index is 1.74. The van der Waals surface area contributed by atoms with Crippen LogP contribution in [0.3, 0.4) is 0 Å². The molecule has 2 aliphatic heterocycles. The van der Waals surface area contributed by atoms with Gasteiger partial charge in [0.2, 0.25) is 11.8 Å². The summed E-state index contributed by atoms with van der Waals surface area (Å²) in [6, 6.07) is 2.31. The number of carbonyl (C=O) groups excluding carboxylic acids is 2. The maximum atomic E-state index is 12.4. The Morgan fingerprint density at radius 3 is 3.06 bits per heavy atom. The normalized spacial score (nSPS) is 26.9. The Morgan fingerprint density at radius 1 is 1.44 bits per heavy atom. The zero-order chi connectivity index (χ0) is 12.5. The van der Waals surface area contributed by atoms with E-state index in [1.54, 1.807) is 11.3 Å². The third-order valence-electron chi connectivity index (χ3n) is 3.80. The minimum Gasteiger partial charge on any atom is -0.354 e. The molecule has 4 nitrogen and oxygen atoms in total. The highest BCUT2D eigenvalue weighted by Gasteiger charge is 2.39. The summed E-state index contributed by atoms with van der Waals surface area (Å²) in [6.45, 7) is 0.616. The van der Waals surface area contributed by atoms with Crippen LogP contribution >= 0.6 is 11.3 Å². The van der Waals surface area contributed by atoms with E-state index in [9.17, 15) is 9.59 Å². The first kappa shape index (κ1) is 11.7. The molecule has 1 aromatic heterocycles. The van der Waals surface area contributed by atoms with Crippen molar-refractivity contribution in [3.63, 3.8) is 0 Å². The third kappa shape index (κ3) is 2.14. The zero-order valence-corrected chi connectivity index (χ0v) is 10.9. The first-order chi connectivity index (χ1) is 8.74. The SMILES string of the molecule is O=C1C[C@@H]2CC[C@H](CN1)N2C(=O)Cc1ccsc1. The van der Waals surface area contributed by atoms with Crippen LogP contribution < -0.4 is 5.32 Å². The van der Waals surface area contributed by atoms with Crippen LogP contribution in [0.5, 0.6) is 0 Å². The van der Waals surface area contributed by atoms with E-state index < -0.39 is 0 Å². The zero-order valence-electron chi connectivity index (χ0n) is 10.1. The lowest BCUT2D eigenvalue weighted by molar-refractivity contribution is -0.133. The molecular weight excluding hydrogens is 248 g/mol. The second-order valence-electron chi connectivity index (χ2n) is 5.00. The number of thiophene rings is 1. The lowest BCUT2D eigenvalue weighted by Gasteiger charge is -2.27. The van der Waals surface area contributed by atoms with Crippen molar-refractivity contribution in [1.82, 2.24) is 10.2 Å². The molecule has 18 heavy (non-hydrogen) atoms. The van der Waals surface area contributed by atoms with Gasteiger partial charge in [-0.1, -0.05) is 0 Å². The Labute approximate surface area is 110 Å². The topological polar surface area (TPSA) is 49.4 Å². The van der Waals surface area contributed by atoms with E-state index in [1.165, 1.54) is 0 Å². The molecule has 2 bridgehead atoms. The monoisotopic (exact) mass is 264 g/mol. The summed E-state index contributed by atoms with van der Waals surface area (Å²) < 4.78 is 0. The average molecular weight is 264 g/mol. The van der Waals surface area contributed by atoms with Gasteiger partial charge < -0.3 is 10.2 Å². The maximum Gasteiger partial charge on any atom is 0.227 e. The van der Waals surface area contributed by atoms with Crippen LogP contribution in [0.15, 0.2) is 16.8 Å². The molecule has 2 amide bonds. The summed E-state index contributed by atoms with van der Waals surface area (Å²) in [5.41, 5.74) is 1.08. The molecule has 0 aromatic carbocycles. The minimum absolute atomic E-state index is 0.0792. The first-order valence-electron chi connectivity index (χ1n) is 6.33. The van der Waals surface area contributed by atoms with Crippen LogP contribution in [0.4, 0.5) is 0 Å². The van der Waals surface area contributed by atoms with Gasteiger partial charge >= 0.3 is 0 Å². The highest BCUT2D eigenvalue weighted by molar-refractivity contribution is 7.07. The number of nitrogens with one attached hydrogen (secondary N) is 1. The molecular formula is C13H16N2O2S. The van der Waals surface area contributed by atoms with Crippen molar-refractivity contribution < 1.29 is 9.59 Å². The lowest BCUT2D eigenvalue weighted by atomic mass is 10.1. The van der Waals surface area contributed by atoms with Crippen LogP contribution in [0, 0.1) is 0 Å². The van der Waals surface area contributed by atoms with Crippen molar-refractivity contribution in [1.29, 1.82) is 0 Å². The minimum atomic E-state index is 0.0792. The second-order valence-corrected chi connectivity index (χ2v) is 5.78. The number of nitrogens with zero attached hydrogens (tertiary/aromatic N) is 1. The third-order valence-corrected chi connectivity index (χ3v) is 4.53. The number of fused-ring (bicyclic) bond motifs is 2. The molecule has 2 saturated heterocycles. The number of carbonyl (C=O) groups is 2. The molecule has 2 fully saturated rings. The molecule has 5 heteroatoms. The highest BCUT2D eigenvalue weighted by atomic mass is 32.1. The summed E-state index contributed by atoms with van der Waals surface area (Å²) >= 11 is 1.61. The molecule has 96 valence electrons. The van der Waals surface area contributed by atoms with Crippen LogP contribution in [-0.4, -0.2) is 35.3 Å². The van der Waals surface area contributed by atoms with E-state index >= 15 is 0 Å². The van der Waals surface area contributed by atoms with E-state index in [0.29, 0.717) is 19.4 Å². The molecule has 0 aliphatic carbocycles. The number of rotatable bonds is 2. The molecule has 1 aromatic rings. The summed E-state index contributed by atoms with van der Waals surface area (Å²) in [6.07, 6.45) is 2.91. The summed E-state index contributed by atoms with van der Waals surface area (Å²) in [7, 11) is 0. The molecule has 3 heterocycles. The molecule has 3 rings (SSSR count). The van der Waals surface area contributed by atoms with Crippen molar-refractivity contribution in [3.05, 3.63) is 22.4 Å². The first-order valence-corrected chi connectivity index (χ1v) is 7.27. The van der Waals surface area contributed by atoms with Crippen LogP contribution in [0.25, 0.3) is 0 Å². The molecule has 0 saturated carbocycles. The van der Waals surface area contributed by atoms with Gasteiger partial charge in [-0.25, -0.2) is 0 Å². The number of hydrogen-bond acceptors (Lipinski definition) is 3. The predicted octanol–water partition coefficient (Wildman–Crippen LogP) is 1.17. The van der Waals surface area contributed by atoms with E-state index in [4.69, 9.17) is 0 Å². The molecule has 1 N–H and O–H groups in total. The van der Waals surface area contributed by atoms with Crippen LogP contribution in [0.2, 0.25) is 0 Å². The van der Waals surface area contributed by atoms with Gasteiger partial charge in [-0.3, -0.25) is 9.59 Å². The number of amides is 2. The summed E-state index contributed by atoms with van der Waals surface area (Å²) in [4.78, 5) is 25.8. The van der Waals surface area contributed by atoms with Crippen molar-refractivity contribution in [2.45, 2.75) is 37.8 Å².